The highest BCUT2D eigenvalue weighted by Crippen LogP contribution is 2.37. The maximum Gasteiger partial charge on any atom is 0.175 e. The van der Waals surface area contributed by atoms with E-state index in [1.165, 1.54) is 0 Å². The van der Waals surface area contributed by atoms with Gasteiger partial charge in [-0.1, -0.05) is 6.08 Å². The molecule has 0 aliphatic carbocycles. The Balaban J connectivity index is 2.82. The van der Waals surface area contributed by atoms with Crippen LogP contribution in [-0.2, 0) is 6.61 Å². The number of halogens is 1. The van der Waals surface area contributed by atoms with E-state index in [4.69, 9.17) is 14.6 Å². The van der Waals surface area contributed by atoms with E-state index >= 15 is 0 Å². The minimum absolute atomic E-state index is 0.0184. The monoisotopic (exact) mass is 314 g/mol. The molecule has 1 rings (SSSR count). The van der Waals surface area contributed by atoms with Crippen molar-refractivity contribution in [3.63, 3.8) is 0 Å². The van der Waals surface area contributed by atoms with Gasteiger partial charge in [-0.05, 0) is 53.4 Å². The van der Waals surface area contributed by atoms with Gasteiger partial charge in [-0.3, -0.25) is 0 Å². The quantitative estimate of drug-likeness (QED) is 0.587. The minimum atomic E-state index is -0.0184. The molecule has 1 aromatic carbocycles. The van der Waals surface area contributed by atoms with Gasteiger partial charge in [0.25, 0.3) is 0 Å². The number of aliphatic hydroxyl groups excluding tert-OH is 1. The second-order valence-corrected chi connectivity index (χ2v) is 4.63. The van der Waals surface area contributed by atoms with Crippen molar-refractivity contribution in [1.82, 2.24) is 0 Å². The molecule has 0 aliphatic rings. The third-order valence-corrected chi connectivity index (χ3v) is 2.94. The maximum atomic E-state index is 9.16. The molecule has 0 amide bonds. The van der Waals surface area contributed by atoms with Crippen LogP contribution in [0.15, 0.2) is 29.3 Å². The largest absolute Gasteiger partial charge is 0.490 e. The Morgan fingerprint density at radius 1 is 1.39 bits per heavy atom. The lowest BCUT2D eigenvalue weighted by atomic mass is 10.2. The lowest BCUT2D eigenvalue weighted by molar-refractivity contribution is 0.266. The zero-order chi connectivity index (χ0) is 13.4. The van der Waals surface area contributed by atoms with Gasteiger partial charge in [-0.2, -0.15) is 0 Å². The summed E-state index contributed by atoms with van der Waals surface area (Å²) in [5, 5.41) is 9.16. The topological polar surface area (TPSA) is 38.7 Å². The average Bonchev–Trinajstić information content (AvgIpc) is 2.37. The highest BCUT2D eigenvalue weighted by Gasteiger charge is 2.11. The van der Waals surface area contributed by atoms with Gasteiger partial charge in [0.15, 0.2) is 11.5 Å². The molecule has 0 bridgehead atoms. The predicted octanol–water partition coefficient (Wildman–Crippen LogP) is 3.69. The van der Waals surface area contributed by atoms with Crippen LogP contribution >= 0.6 is 15.9 Å². The Hall–Kier alpha value is -1.00. The number of rotatable bonds is 8. The summed E-state index contributed by atoms with van der Waals surface area (Å²) in [6, 6.07) is 3.64. The molecule has 0 spiro atoms. The molecular formula is C14H19BrO3. The molecule has 0 atom stereocenters. The Morgan fingerprint density at radius 3 is 2.78 bits per heavy atom. The first-order chi connectivity index (χ1) is 8.72. The van der Waals surface area contributed by atoms with Crippen LogP contribution in [0.25, 0.3) is 0 Å². The van der Waals surface area contributed by atoms with E-state index < -0.39 is 0 Å². The van der Waals surface area contributed by atoms with E-state index in [1.807, 2.05) is 19.1 Å². The minimum Gasteiger partial charge on any atom is -0.490 e. The molecule has 1 N–H and O–H groups in total. The third kappa shape index (κ3) is 4.35. The summed E-state index contributed by atoms with van der Waals surface area (Å²) in [4.78, 5) is 0. The molecule has 3 nitrogen and oxygen atoms in total. The fraction of sp³-hybridized carbons (Fsp3) is 0.429. The lowest BCUT2D eigenvalue weighted by Gasteiger charge is -2.14. The number of allylic oxidation sites excluding steroid dienone is 1. The molecule has 0 saturated carbocycles. The normalized spacial score (nSPS) is 10.2. The van der Waals surface area contributed by atoms with Gasteiger partial charge in [0.05, 0.1) is 24.3 Å². The van der Waals surface area contributed by atoms with Crippen molar-refractivity contribution < 1.29 is 14.6 Å². The number of aliphatic hydroxyl groups is 1. The Labute approximate surface area is 117 Å². The van der Waals surface area contributed by atoms with Gasteiger partial charge in [0.1, 0.15) is 0 Å². The summed E-state index contributed by atoms with van der Waals surface area (Å²) in [6.45, 7) is 6.75. The Morgan fingerprint density at radius 2 is 2.17 bits per heavy atom. The van der Waals surface area contributed by atoms with Gasteiger partial charge < -0.3 is 14.6 Å². The number of unbranched alkanes of at least 4 members (excludes halogenated alkanes) is 1. The second-order valence-electron chi connectivity index (χ2n) is 3.78. The summed E-state index contributed by atoms with van der Waals surface area (Å²) < 4.78 is 12.1. The van der Waals surface area contributed by atoms with Gasteiger partial charge in [0, 0.05) is 0 Å². The number of ether oxygens (including phenoxy) is 2. The van der Waals surface area contributed by atoms with Gasteiger partial charge in [-0.15, -0.1) is 6.58 Å². The van der Waals surface area contributed by atoms with E-state index in [0.29, 0.717) is 24.7 Å². The molecular weight excluding hydrogens is 296 g/mol. The molecule has 0 unspecified atom stereocenters. The second kappa shape index (κ2) is 8.16. The van der Waals surface area contributed by atoms with Crippen molar-refractivity contribution in [3.8, 4) is 11.5 Å². The summed E-state index contributed by atoms with van der Waals surface area (Å²) in [7, 11) is 0. The van der Waals surface area contributed by atoms with Crippen LogP contribution in [0.4, 0.5) is 0 Å². The third-order valence-electron chi connectivity index (χ3n) is 2.35. The Bertz CT molecular complexity index is 391. The first-order valence-corrected chi connectivity index (χ1v) is 6.82. The van der Waals surface area contributed by atoms with Crippen molar-refractivity contribution in [2.45, 2.75) is 26.4 Å². The van der Waals surface area contributed by atoms with Crippen molar-refractivity contribution in [2.75, 3.05) is 13.2 Å². The Kier molecular flexibility index (Phi) is 6.83. The maximum absolute atomic E-state index is 9.16. The van der Waals surface area contributed by atoms with E-state index in [9.17, 15) is 0 Å². The summed E-state index contributed by atoms with van der Waals surface area (Å²) >= 11 is 3.44. The van der Waals surface area contributed by atoms with E-state index in [-0.39, 0.29) is 6.61 Å². The first kappa shape index (κ1) is 15.1. The highest BCUT2D eigenvalue weighted by atomic mass is 79.9. The van der Waals surface area contributed by atoms with Gasteiger partial charge in [0.2, 0.25) is 0 Å². The van der Waals surface area contributed by atoms with Crippen molar-refractivity contribution in [3.05, 3.63) is 34.8 Å². The zero-order valence-electron chi connectivity index (χ0n) is 10.6. The number of benzene rings is 1. The smallest absolute Gasteiger partial charge is 0.175 e. The van der Waals surface area contributed by atoms with Crippen molar-refractivity contribution in [1.29, 1.82) is 0 Å². The van der Waals surface area contributed by atoms with Crippen LogP contribution in [0, 0.1) is 0 Å². The fourth-order valence-corrected chi connectivity index (χ4v) is 2.12. The first-order valence-electron chi connectivity index (χ1n) is 6.02. The molecule has 0 heterocycles. The van der Waals surface area contributed by atoms with Crippen LogP contribution in [-0.4, -0.2) is 18.3 Å². The van der Waals surface area contributed by atoms with Crippen LogP contribution in [0.2, 0.25) is 0 Å². The van der Waals surface area contributed by atoms with Crippen molar-refractivity contribution >= 4 is 15.9 Å². The van der Waals surface area contributed by atoms with Crippen LogP contribution in [0.3, 0.4) is 0 Å². The van der Waals surface area contributed by atoms with Crippen LogP contribution < -0.4 is 9.47 Å². The molecule has 0 saturated heterocycles. The molecule has 1 aromatic rings. The van der Waals surface area contributed by atoms with E-state index in [0.717, 1.165) is 22.9 Å². The fourth-order valence-electron chi connectivity index (χ4n) is 1.52. The molecule has 0 radical (unpaired) electrons. The zero-order valence-corrected chi connectivity index (χ0v) is 12.2. The SMILES string of the molecule is C=CCCCOc1c(Br)cc(CO)cc1OCC. The van der Waals surface area contributed by atoms with Gasteiger partial charge >= 0.3 is 0 Å². The molecule has 100 valence electrons. The number of hydrogen-bond acceptors (Lipinski definition) is 3. The molecule has 4 heteroatoms. The van der Waals surface area contributed by atoms with Gasteiger partial charge in [-0.25, -0.2) is 0 Å². The highest BCUT2D eigenvalue weighted by molar-refractivity contribution is 9.10. The van der Waals surface area contributed by atoms with E-state index in [2.05, 4.69) is 22.5 Å². The molecule has 0 fully saturated rings. The standard InChI is InChI=1S/C14H19BrO3/c1-3-5-6-7-18-14-12(15)8-11(10-16)9-13(14)17-4-2/h3,8-9,16H,1,4-7,10H2,2H3. The summed E-state index contributed by atoms with van der Waals surface area (Å²) in [5.41, 5.74) is 0.795. The summed E-state index contributed by atoms with van der Waals surface area (Å²) in [5.74, 6) is 1.35. The summed E-state index contributed by atoms with van der Waals surface area (Å²) in [6.07, 6.45) is 3.72. The molecule has 0 aromatic heterocycles. The predicted molar refractivity (Wildman–Crippen MR) is 76.2 cm³/mol. The van der Waals surface area contributed by atoms with Crippen LogP contribution in [0.5, 0.6) is 11.5 Å². The average molecular weight is 315 g/mol. The number of hydrogen-bond donors (Lipinski definition) is 1. The molecule has 0 aliphatic heterocycles. The van der Waals surface area contributed by atoms with E-state index in [1.54, 1.807) is 6.07 Å². The van der Waals surface area contributed by atoms with Crippen LogP contribution in [0.1, 0.15) is 25.3 Å². The van der Waals surface area contributed by atoms with Crippen molar-refractivity contribution in [2.24, 2.45) is 0 Å². The lowest BCUT2D eigenvalue weighted by Crippen LogP contribution is -2.02. The molecule has 18 heavy (non-hydrogen) atoms.